The molecule has 1 N–H and O–H groups in total. The zero-order valence-electron chi connectivity index (χ0n) is 13.5. The van der Waals surface area contributed by atoms with Gasteiger partial charge in [0.05, 0.1) is 40.6 Å². The molecule has 0 spiro atoms. The average molecular weight is 339 g/mol. The van der Waals surface area contributed by atoms with Gasteiger partial charge in [-0.1, -0.05) is 0 Å². The van der Waals surface area contributed by atoms with Crippen LogP contribution >= 0.6 is 0 Å². The van der Waals surface area contributed by atoms with Crippen LogP contribution in [0.4, 0.5) is 5.69 Å². The number of nitrogens with zero attached hydrogens (tertiary/aromatic N) is 3. The number of benzene rings is 1. The van der Waals surface area contributed by atoms with Crippen LogP contribution in [0, 0.1) is 0 Å². The molecular weight excluding hydrogens is 318 g/mol. The normalized spacial score (nSPS) is 24.5. The molecule has 1 fully saturated rings. The second kappa shape index (κ2) is 6.01. The van der Waals surface area contributed by atoms with E-state index >= 15 is 0 Å². The van der Waals surface area contributed by atoms with E-state index in [0.717, 1.165) is 0 Å². The second-order valence-corrected chi connectivity index (χ2v) is 7.93. The highest BCUT2D eigenvalue weighted by Crippen LogP contribution is 2.39. The molecule has 0 aromatic heterocycles. The fraction of sp³-hybridized carbons (Fsp3) is 0.533. The number of aliphatic hydroxyl groups excluding tert-OH is 1. The molecule has 2 aliphatic heterocycles. The Hall–Kier alpha value is -1.80. The number of likely N-dealkylation sites (tertiary alicyclic amines) is 1. The van der Waals surface area contributed by atoms with Crippen molar-refractivity contribution in [3.8, 4) is 11.5 Å². The lowest BCUT2D eigenvalue weighted by Gasteiger charge is -2.31. The van der Waals surface area contributed by atoms with E-state index in [9.17, 15) is 9.32 Å². The molecule has 0 aliphatic carbocycles. The smallest absolute Gasteiger partial charge is 0.234 e. The summed E-state index contributed by atoms with van der Waals surface area (Å²) in [6.45, 7) is 1.31. The minimum absolute atomic E-state index is 0.280. The predicted octanol–water partition coefficient (Wildman–Crippen LogP) is 1.62. The first-order valence-electron chi connectivity index (χ1n) is 7.44. The van der Waals surface area contributed by atoms with Crippen molar-refractivity contribution < 1.29 is 18.8 Å². The van der Waals surface area contributed by atoms with Crippen molar-refractivity contribution in [3.63, 3.8) is 0 Å². The van der Waals surface area contributed by atoms with Crippen LogP contribution in [-0.4, -0.2) is 59.8 Å². The summed E-state index contributed by atoms with van der Waals surface area (Å²) < 4.78 is 27.9. The van der Waals surface area contributed by atoms with E-state index < -0.39 is 9.73 Å². The number of hydrogen-bond donors (Lipinski definition) is 1. The zero-order valence-corrected chi connectivity index (χ0v) is 14.3. The number of aliphatic hydroxyl groups is 1. The first kappa shape index (κ1) is 16.1. The molecule has 0 saturated carbocycles. The standard InChI is InChI=1S/C15H21N3O4S/c1-21-12-8-11-14(9-13(12)22-2)23(3,20)17-15(16-11)18-6-4-10(19)5-7-18/h8-10,19H,4-7H2,1-3H3. The van der Waals surface area contributed by atoms with E-state index in [4.69, 9.17) is 9.47 Å². The summed E-state index contributed by atoms with van der Waals surface area (Å²) >= 11 is 0. The van der Waals surface area contributed by atoms with Crippen molar-refractivity contribution in [2.45, 2.75) is 23.8 Å². The average Bonchev–Trinajstić information content (AvgIpc) is 2.53. The van der Waals surface area contributed by atoms with E-state index in [1.165, 1.54) is 7.11 Å². The number of fused-ring (bicyclic) bond motifs is 1. The van der Waals surface area contributed by atoms with E-state index in [1.54, 1.807) is 25.5 Å². The number of hydrogen-bond acceptors (Lipinski definition) is 7. The van der Waals surface area contributed by atoms with Gasteiger partial charge >= 0.3 is 0 Å². The fourth-order valence-corrected chi connectivity index (χ4v) is 4.15. The van der Waals surface area contributed by atoms with Crippen LogP contribution in [0.25, 0.3) is 0 Å². The van der Waals surface area contributed by atoms with Gasteiger partial charge in [0, 0.05) is 31.5 Å². The summed E-state index contributed by atoms with van der Waals surface area (Å²) in [7, 11) is 0.483. The summed E-state index contributed by atoms with van der Waals surface area (Å²) in [6.07, 6.45) is 2.65. The van der Waals surface area contributed by atoms with Crippen LogP contribution in [0.15, 0.2) is 26.4 Å². The van der Waals surface area contributed by atoms with Crippen molar-refractivity contribution in [1.82, 2.24) is 4.90 Å². The molecule has 1 aromatic carbocycles. The van der Waals surface area contributed by atoms with Crippen LogP contribution in [0.2, 0.25) is 0 Å². The molecule has 8 heteroatoms. The molecule has 126 valence electrons. The molecule has 7 nitrogen and oxygen atoms in total. The molecule has 2 heterocycles. The quantitative estimate of drug-likeness (QED) is 0.885. The highest BCUT2D eigenvalue weighted by molar-refractivity contribution is 7.93. The Bertz CT molecular complexity index is 760. The predicted molar refractivity (Wildman–Crippen MR) is 88.2 cm³/mol. The van der Waals surface area contributed by atoms with Crippen molar-refractivity contribution >= 4 is 21.4 Å². The first-order valence-corrected chi connectivity index (χ1v) is 9.37. The van der Waals surface area contributed by atoms with Crippen LogP contribution in [0.3, 0.4) is 0 Å². The summed E-state index contributed by atoms with van der Waals surface area (Å²) in [4.78, 5) is 7.07. The van der Waals surface area contributed by atoms with Gasteiger partial charge in [-0.25, -0.2) is 9.20 Å². The second-order valence-electron chi connectivity index (χ2n) is 5.70. The summed E-state index contributed by atoms with van der Waals surface area (Å²) in [5.74, 6) is 1.51. The molecule has 2 aliphatic rings. The molecule has 23 heavy (non-hydrogen) atoms. The van der Waals surface area contributed by atoms with Crippen LogP contribution < -0.4 is 9.47 Å². The number of ether oxygens (including phenoxy) is 2. The Labute approximate surface area is 136 Å². The molecule has 0 amide bonds. The third-order valence-corrected chi connectivity index (χ3v) is 5.75. The number of aliphatic imine (C=N–C) groups is 1. The van der Waals surface area contributed by atoms with Gasteiger partial charge in [0.15, 0.2) is 11.5 Å². The lowest BCUT2D eigenvalue weighted by atomic mass is 10.1. The minimum atomic E-state index is -2.61. The monoisotopic (exact) mass is 339 g/mol. The lowest BCUT2D eigenvalue weighted by Crippen LogP contribution is -2.40. The zero-order chi connectivity index (χ0) is 16.6. The first-order chi connectivity index (χ1) is 10.9. The van der Waals surface area contributed by atoms with Gasteiger partial charge in [-0.3, -0.25) is 0 Å². The van der Waals surface area contributed by atoms with Gasteiger partial charge in [-0.15, -0.1) is 0 Å². The summed E-state index contributed by atoms with van der Waals surface area (Å²) in [6, 6.07) is 3.41. The number of piperidine rings is 1. The van der Waals surface area contributed by atoms with Crippen molar-refractivity contribution in [2.75, 3.05) is 33.6 Å². The Kier molecular flexibility index (Phi) is 4.20. The maximum Gasteiger partial charge on any atom is 0.234 e. The van der Waals surface area contributed by atoms with Crippen LogP contribution in [-0.2, 0) is 9.73 Å². The minimum Gasteiger partial charge on any atom is -0.493 e. The van der Waals surface area contributed by atoms with Gasteiger partial charge in [0.1, 0.15) is 0 Å². The molecule has 1 unspecified atom stereocenters. The largest absolute Gasteiger partial charge is 0.493 e. The van der Waals surface area contributed by atoms with E-state index in [0.29, 0.717) is 54.0 Å². The highest BCUT2D eigenvalue weighted by Gasteiger charge is 2.27. The van der Waals surface area contributed by atoms with Gasteiger partial charge in [-0.05, 0) is 12.8 Å². The van der Waals surface area contributed by atoms with E-state index in [-0.39, 0.29) is 6.10 Å². The Morgan fingerprint density at radius 2 is 1.83 bits per heavy atom. The number of methoxy groups -OCH3 is 2. The molecule has 1 atom stereocenters. The van der Waals surface area contributed by atoms with Gasteiger partial charge < -0.3 is 19.5 Å². The molecule has 1 saturated heterocycles. The van der Waals surface area contributed by atoms with Crippen molar-refractivity contribution in [2.24, 2.45) is 9.36 Å². The van der Waals surface area contributed by atoms with Gasteiger partial charge in [-0.2, -0.15) is 4.36 Å². The van der Waals surface area contributed by atoms with Crippen LogP contribution in [0.5, 0.6) is 11.5 Å². The highest BCUT2D eigenvalue weighted by atomic mass is 32.2. The Morgan fingerprint density at radius 3 is 2.43 bits per heavy atom. The van der Waals surface area contributed by atoms with Crippen LogP contribution in [0.1, 0.15) is 12.8 Å². The molecule has 0 bridgehead atoms. The van der Waals surface area contributed by atoms with E-state index in [2.05, 4.69) is 9.36 Å². The maximum atomic E-state index is 13.0. The molecule has 0 radical (unpaired) electrons. The lowest BCUT2D eigenvalue weighted by molar-refractivity contribution is 0.109. The van der Waals surface area contributed by atoms with Gasteiger partial charge in [0.25, 0.3) is 0 Å². The summed E-state index contributed by atoms with van der Waals surface area (Å²) in [5, 5.41) is 9.63. The third kappa shape index (κ3) is 3.00. The summed E-state index contributed by atoms with van der Waals surface area (Å²) in [5.41, 5.74) is 0.589. The Morgan fingerprint density at radius 1 is 1.22 bits per heavy atom. The Balaban J connectivity index is 2.05. The fourth-order valence-electron chi connectivity index (χ4n) is 2.77. The van der Waals surface area contributed by atoms with E-state index in [1.807, 2.05) is 4.90 Å². The topological polar surface area (TPSA) is 83.7 Å². The van der Waals surface area contributed by atoms with Crippen molar-refractivity contribution in [1.29, 1.82) is 0 Å². The molecule has 3 rings (SSSR count). The molecule has 1 aromatic rings. The van der Waals surface area contributed by atoms with Crippen molar-refractivity contribution in [3.05, 3.63) is 12.1 Å². The number of rotatable bonds is 2. The SMILES string of the molecule is COc1cc2c(cc1OC)S(C)(=O)=NC(N1CCC(O)CC1)=N2. The maximum absolute atomic E-state index is 13.0. The third-order valence-electron chi connectivity index (χ3n) is 4.10. The number of guanidine groups is 1. The molecular formula is C15H21N3O4S. The van der Waals surface area contributed by atoms with Gasteiger partial charge in [0.2, 0.25) is 5.96 Å².